The highest BCUT2D eigenvalue weighted by Crippen LogP contribution is 2.43. The zero-order chi connectivity index (χ0) is 50.5. The van der Waals surface area contributed by atoms with Crippen LogP contribution in [-0.2, 0) is 27.9 Å². The molecule has 0 rings (SSSR count). The monoisotopic (exact) mass is 985 g/mol. The van der Waals surface area contributed by atoms with Crippen LogP contribution >= 0.6 is 7.82 Å². The fraction of sp³-hybridized carbons (Fsp3) is 0.717. The number of hydrogen-bond donors (Lipinski definition) is 1. The first kappa shape index (κ1) is 66.4. The number of esters is 1. The Morgan fingerprint density at radius 2 is 0.841 bits per heavy atom. The second-order valence-electron chi connectivity index (χ2n) is 19.6. The quantitative estimate of drug-likeness (QED) is 0.0213. The second kappa shape index (κ2) is 51.8. The number of allylic oxidation sites excluding steroid dienone is 16. The molecule has 398 valence electrons. The summed E-state index contributed by atoms with van der Waals surface area (Å²) in [6, 6.07) is 0. The summed E-state index contributed by atoms with van der Waals surface area (Å²) in [5.74, 6) is -0.335. The summed E-state index contributed by atoms with van der Waals surface area (Å²) in [7, 11) is 1.64. The molecule has 0 fully saturated rings. The van der Waals surface area contributed by atoms with Gasteiger partial charge in [-0.05, 0) is 96.3 Å². The number of phosphoric ester groups is 1. The van der Waals surface area contributed by atoms with Gasteiger partial charge in [0, 0.05) is 13.0 Å². The van der Waals surface area contributed by atoms with Gasteiger partial charge in [0.1, 0.15) is 19.3 Å². The van der Waals surface area contributed by atoms with E-state index in [1.54, 1.807) is 0 Å². The largest absolute Gasteiger partial charge is 0.472 e. The van der Waals surface area contributed by atoms with Crippen LogP contribution in [0.2, 0.25) is 0 Å². The minimum absolute atomic E-state index is 0.0787. The van der Waals surface area contributed by atoms with Gasteiger partial charge in [-0.1, -0.05) is 214 Å². The van der Waals surface area contributed by atoms with E-state index in [2.05, 4.69) is 111 Å². The highest BCUT2D eigenvalue weighted by Gasteiger charge is 2.26. The highest BCUT2D eigenvalue weighted by molar-refractivity contribution is 7.47. The third-order valence-corrected chi connectivity index (χ3v) is 12.6. The maximum Gasteiger partial charge on any atom is 0.472 e. The van der Waals surface area contributed by atoms with E-state index in [-0.39, 0.29) is 25.8 Å². The minimum Gasteiger partial charge on any atom is -0.457 e. The number of hydrogen-bond acceptors (Lipinski definition) is 6. The number of unbranched alkanes of at least 4 members (excludes halogenated alkanes) is 21. The molecule has 2 atom stereocenters. The number of carbonyl (C=O) groups excluding carboxylic acids is 1. The van der Waals surface area contributed by atoms with Crippen LogP contribution in [0.25, 0.3) is 0 Å². The number of nitrogens with zero attached hydrogens (tertiary/aromatic N) is 1. The number of phosphoric acid groups is 1. The van der Waals surface area contributed by atoms with Gasteiger partial charge in [-0.3, -0.25) is 13.8 Å². The molecule has 2 unspecified atom stereocenters. The summed E-state index contributed by atoms with van der Waals surface area (Å²) in [4.78, 5) is 23.1. The predicted octanol–water partition coefficient (Wildman–Crippen LogP) is 17.7. The first-order valence-corrected chi connectivity index (χ1v) is 29.5. The van der Waals surface area contributed by atoms with Crippen LogP contribution in [0.5, 0.6) is 0 Å². The number of likely N-dealkylation sites (N-methyl/N-ethyl adjacent to an activating group) is 1. The Balaban J connectivity index is 4.15. The molecule has 0 radical (unpaired) electrons. The Bertz CT molecular complexity index is 1420. The topological polar surface area (TPSA) is 91.3 Å². The molecule has 0 amide bonds. The van der Waals surface area contributed by atoms with Gasteiger partial charge >= 0.3 is 13.8 Å². The summed E-state index contributed by atoms with van der Waals surface area (Å²) >= 11 is 0. The normalized spacial score (nSPS) is 14.2. The van der Waals surface area contributed by atoms with Crippen molar-refractivity contribution in [2.24, 2.45) is 0 Å². The van der Waals surface area contributed by atoms with Gasteiger partial charge < -0.3 is 18.9 Å². The molecule has 0 aromatic carbocycles. The van der Waals surface area contributed by atoms with Crippen LogP contribution in [-0.4, -0.2) is 75.6 Å². The van der Waals surface area contributed by atoms with Crippen molar-refractivity contribution in [2.75, 3.05) is 54.1 Å². The SMILES string of the molecule is CC/C=C\C/C=C\C/C=C\C/C=C\C/C=C\CCCCCCCC(=O)OC(COCCCCCCCCCCCCC/C=C\C/C=C\C/C=C\CCCCCCC)COP(=O)(O)OCC[N+](C)(C)C. The molecule has 9 heteroatoms. The average Bonchev–Trinajstić information content (AvgIpc) is 3.31. The van der Waals surface area contributed by atoms with Crippen molar-refractivity contribution >= 4 is 13.8 Å². The first-order valence-electron chi connectivity index (χ1n) is 28.0. The van der Waals surface area contributed by atoms with Gasteiger partial charge in [-0.15, -0.1) is 0 Å². The van der Waals surface area contributed by atoms with Gasteiger partial charge in [0.25, 0.3) is 0 Å². The van der Waals surface area contributed by atoms with E-state index < -0.39 is 13.9 Å². The molecule has 0 bridgehead atoms. The molecular weight excluding hydrogens is 878 g/mol. The summed E-state index contributed by atoms with van der Waals surface area (Å²) in [5.41, 5.74) is 0. The first-order chi connectivity index (χ1) is 33.6. The van der Waals surface area contributed by atoms with E-state index in [9.17, 15) is 14.3 Å². The molecular formula is C60H107NO7P+. The van der Waals surface area contributed by atoms with Crippen LogP contribution in [0.15, 0.2) is 97.2 Å². The Hall–Kier alpha value is -2.58. The van der Waals surface area contributed by atoms with Crippen molar-refractivity contribution in [1.82, 2.24) is 0 Å². The lowest BCUT2D eigenvalue weighted by Gasteiger charge is -2.24. The second-order valence-corrected chi connectivity index (χ2v) is 21.0. The van der Waals surface area contributed by atoms with Gasteiger partial charge in [0.05, 0.1) is 34.4 Å². The molecule has 0 aliphatic carbocycles. The number of ether oxygens (including phenoxy) is 2. The van der Waals surface area contributed by atoms with E-state index >= 15 is 0 Å². The Labute approximate surface area is 426 Å². The van der Waals surface area contributed by atoms with Crippen molar-refractivity contribution in [2.45, 2.75) is 225 Å². The van der Waals surface area contributed by atoms with Crippen molar-refractivity contribution in [3.05, 3.63) is 97.2 Å². The minimum atomic E-state index is -4.30. The fourth-order valence-corrected chi connectivity index (χ4v) is 8.09. The van der Waals surface area contributed by atoms with Crippen LogP contribution < -0.4 is 0 Å². The summed E-state index contributed by atoms with van der Waals surface area (Å²) in [5, 5.41) is 0. The molecule has 69 heavy (non-hydrogen) atoms. The predicted molar refractivity (Wildman–Crippen MR) is 298 cm³/mol. The molecule has 8 nitrogen and oxygen atoms in total. The summed E-state index contributed by atoms with van der Waals surface area (Å²) in [6.07, 6.45) is 71.8. The average molecular weight is 985 g/mol. The Morgan fingerprint density at radius 3 is 1.26 bits per heavy atom. The number of rotatable bonds is 51. The lowest BCUT2D eigenvalue weighted by Crippen LogP contribution is -2.37. The zero-order valence-corrected chi connectivity index (χ0v) is 46.2. The molecule has 0 aliphatic heterocycles. The van der Waals surface area contributed by atoms with Crippen molar-refractivity contribution in [3.63, 3.8) is 0 Å². The molecule has 0 spiro atoms. The van der Waals surface area contributed by atoms with Crippen molar-refractivity contribution in [1.29, 1.82) is 0 Å². The van der Waals surface area contributed by atoms with Crippen LogP contribution in [0.4, 0.5) is 0 Å². The van der Waals surface area contributed by atoms with Crippen molar-refractivity contribution in [3.8, 4) is 0 Å². The summed E-state index contributed by atoms with van der Waals surface area (Å²) < 4.78 is 35.2. The highest BCUT2D eigenvalue weighted by atomic mass is 31.2. The smallest absolute Gasteiger partial charge is 0.457 e. The van der Waals surface area contributed by atoms with E-state index in [4.69, 9.17) is 18.5 Å². The summed E-state index contributed by atoms with van der Waals surface area (Å²) in [6.45, 7) is 5.46. The molecule has 1 N–H and O–H groups in total. The fourth-order valence-electron chi connectivity index (χ4n) is 7.35. The van der Waals surface area contributed by atoms with Crippen LogP contribution in [0, 0.1) is 0 Å². The van der Waals surface area contributed by atoms with Crippen LogP contribution in [0.3, 0.4) is 0 Å². The van der Waals surface area contributed by atoms with Gasteiger partial charge in [-0.2, -0.15) is 0 Å². The molecule has 0 heterocycles. The third kappa shape index (κ3) is 56.2. The van der Waals surface area contributed by atoms with Gasteiger partial charge in [0.2, 0.25) is 0 Å². The maximum absolute atomic E-state index is 12.8. The standard InChI is InChI=1S/C60H106NO7P/c1-6-8-10-12-14-16-18-20-22-24-26-28-29-30-31-32-34-36-38-40-42-44-46-48-50-52-55-65-57-59(58-67-69(63,64)66-56-54-61(3,4)5)68-60(62)53-51-49-47-45-43-41-39-37-35-33-27-25-23-21-19-17-15-13-11-9-7-2/h9,11,15,17-18,20-21,23-24,26-27,29-30,33,37,39,59H,6-8,10,12-14,16,19,22,25,28,31-32,34-36,38,40-58H2,1-5H3/p+1/b11-9-,17-15-,20-18-,23-21-,26-24-,30-29-,33-27-,39-37-. The lowest BCUT2D eigenvalue weighted by molar-refractivity contribution is -0.870. The van der Waals surface area contributed by atoms with E-state index in [0.29, 0.717) is 24.1 Å². The van der Waals surface area contributed by atoms with E-state index in [0.717, 1.165) is 96.3 Å². The van der Waals surface area contributed by atoms with E-state index in [1.165, 1.54) is 103 Å². The maximum atomic E-state index is 12.8. The van der Waals surface area contributed by atoms with Gasteiger partial charge in [0.15, 0.2) is 0 Å². The molecule has 0 aromatic heterocycles. The zero-order valence-electron chi connectivity index (χ0n) is 45.3. The number of quaternary nitrogens is 1. The molecule has 0 aromatic rings. The number of carbonyl (C=O) groups is 1. The Morgan fingerprint density at radius 1 is 0.464 bits per heavy atom. The lowest BCUT2D eigenvalue weighted by atomic mass is 10.1. The Kier molecular flexibility index (Phi) is 49.8. The van der Waals surface area contributed by atoms with Crippen LogP contribution in [0.1, 0.15) is 219 Å². The molecule has 0 saturated heterocycles. The molecule has 0 aliphatic rings. The van der Waals surface area contributed by atoms with Crippen molar-refractivity contribution < 1.29 is 37.3 Å². The van der Waals surface area contributed by atoms with E-state index in [1.807, 2.05) is 21.1 Å². The molecule has 0 saturated carbocycles. The third-order valence-electron chi connectivity index (χ3n) is 11.6. The van der Waals surface area contributed by atoms with Gasteiger partial charge in [-0.25, -0.2) is 4.57 Å².